The number of methoxy groups -OCH3 is 1. The van der Waals surface area contributed by atoms with Crippen LogP contribution in [0.3, 0.4) is 0 Å². The zero-order valence-corrected chi connectivity index (χ0v) is 20.2. The van der Waals surface area contributed by atoms with Gasteiger partial charge in [-0.1, -0.05) is 72.8 Å². The third kappa shape index (κ3) is 4.93. The van der Waals surface area contributed by atoms with E-state index >= 15 is 0 Å². The number of halogens is 1. The van der Waals surface area contributed by atoms with Crippen LogP contribution in [0.1, 0.15) is 5.56 Å². The molecule has 3 nitrogen and oxygen atoms in total. The molecule has 162 valence electrons. The fourth-order valence-electron chi connectivity index (χ4n) is 3.89. The van der Waals surface area contributed by atoms with E-state index in [1.165, 1.54) is 23.0 Å². The summed E-state index contributed by atoms with van der Waals surface area (Å²) in [5.74, 6) is 0.529. The Kier molecular flexibility index (Phi) is 8.21. The van der Waals surface area contributed by atoms with E-state index in [2.05, 4.69) is 72.8 Å². The van der Waals surface area contributed by atoms with Gasteiger partial charge in [-0.2, -0.15) is 0 Å². The van der Waals surface area contributed by atoms with E-state index in [0.717, 1.165) is 11.7 Å². The van der Waals surface area contributed by atoms with E-state index in [1.54, 1.807) is 0 Å². The lowest BCUT2D eigenvalue weighted by Gasteiger charge is -2.28. The third-order valence-corrected chi connectivity index (χ3v) is 9.69. The van der Waals surface area contributed by atoms with Gasteiger partial charge >= 0.3 is 6.16 Å². The molecule has 0 N–H and O–H groups in total. The second-order valence-electron chi connectivity index (χ2n) is 7.14. The molecule has 5 heteroatoms. The number of para-hydroxylation sites is 1. The third-order valence-electron chi connectivity index (χ3n) is 5.33. The molecule has 0 spiro atoms. The van der Waals surface area contributed by atoms with Crippen molar-refractivity contribution in [1.82, 2.24) is 0 Å². The van der Waals surface area contributed by atoms with Crippen molar-refractivity contribution in [2.24, 2.45) is 0 Å². The molecule has 0 radical (unpaired) electrons. The van der Waals surface area contributed by atoms with E-state index in [4.69, 9.17) is 9.47 Å². The SMILES string of the molecule is COC(=O)Oc1ccccc1C[P+](c1ccccc1)(c1ccccc1)c1ccccc1.[Br-]. The summed E-state index contributed by atoms with van der Waals surface area (Å²) in [6.45, 7) is 0. The smallest absolute Gasteiger partial charge is 0.513 e. The van der Waals surface area contributed by atoms with Crippen LogP contribution in [-0.4, -0.2) is 13.3 Å². The Morgan fingerprint density at radius 1 is 0.656 bits per heavy atom. The minimum Gasteiger partial charge on any atom is -1.00 e. The molecule has 0 aliphatic rings. The molecule has 0 unspecified atom stereocenters. The fourth-order valence-corrected chi connectivity index (χ4v) is 8.15. The number of benzene rings is 4. The van der Waals surface area contributed by atoms with Crippen molar-refractivity contribution in [1.29, 1.82) is 0 Å². The van der Waals surface area contributed by atoms with Crippen molar-refractivity contribution >= 4 is 29.3 Å². The summed E-state index contributed by atoms with van der Waals surface area (Å²) in [6, 6.07) is 39.6. The van der Waals surface area contributed by atoms with Gasteiger partial charge < -0.3 is 26.5 Å². The highest BCUT2D eigenvalue weighted by atomic mass is 79.9. The van der Waals surface area contributed by atoms with Crippen LogP contribution >= 0.6 is 7.26 Å². The van der Waals surface area contributed by atoms with Gasteiger partial charge in [-0.25, -0.2) is 4.79 Å². The van der Waals surface area contributed by atoms with Crippen molar-refractivity contribution in [2.45, 2.75) is 6.16 Å². The lowest BCUT2D eigenvalue weighted by Crippen LogP contribution is -3.00. The summed E-state index contributed by atoms with van der Waals surface area (Å²) in [5.41, 5.74) is 0.970. The van der Waals surface area contributed by atoms with E-state index in [-0.39, 0.29) is 17.0 Å². The van der Waals surface area contributed by atoms with Gasteiger partial charge in [0, 0.05) is 5.56 Å². The monoisotopic (exact) mass is 506 g/mol. The Balaban J connectivity index is 0.00000289. The molecule has 0 aliphatic heterocycles. The lowest BCUT2D eigenvalue weighted by atomic mass is 10.2. The standard InChI is InChI=1S/C27H24O3P.BrH/c1-29-27(28)30-26-20-12-11-13-22(26)21-31(23-14-5-2-6-15-23,24-16-7-3-8-17-24)25-18-9-4-10-19-25;/h2-20H,21H2,1H3;1H/q+1;/p-1. The molecule has 0 heterocycles. The van der Waals surface area contributed by atoms with Crippen LogP contribution in [0.5, 0.6) is 5.75 Å². The first kappa shape index (κ1) is 23.7. The number of rotatable bonds is 6. The second-order valence-corrected chi connectivity index (χ2v) is 10.6. The van der Waals surface area contributed by atoms with Gasteiger partial charge in [0.2, 0.25) is 0 Å². The molecule has 0 aliphatic carbocycles. The largest absolute Gasteiger partial charge is 1.00 e. The van der Waals surface area contributed by atoms with Crippen molar-refractivity contribution in [3.05, 3.63) is 121 Å². The zero-order chi connectivity index (χ0) is 21.5. The highest BCUT2D eigenvalue weighted by Crippen LogP contribution is 2.58. The molecule has 0 aromatic heterocycles. The van der Waals surface area contributed by atoms with Gasteiger partial charge in [-0.05, 0) is 42.5 Å². The average Bonchev–Trinajstić information content (AvgIpc) is 2.85. The van der Waals surface area contributed by atoms with Crippen LogP contribution in [0.2, 0.25) is 0 Å². The molecule has 0 fully saturated rings. The minimum absolute atomic E-state index is 0. The first-order valence-corrected chi connectivity index (χ1v) is 12.1. The number of carbonyl (C=O) groups is 1. The minimum atomic E-state index is -2.09. The van der Waals surface area contributed by atoms with Crippen LogP contribution in [0.15, 0.2) is 115 Å². The predicted octanol–water partition coefficient (Wildman–Crippen LogP) is 2.33. The maximum atomic E-state index is 11.9. The maximum Gasteiger partial charge on any atom is 0.513 e. The van der Waals surface area contributed by atoms with Gasteiger partial charge in [0.1, 0.15) is 35.1 Å². The molecular weight excluding hydrogens is 483 g/mol. The van der Waals surface area contributed by atoms with E-state index in [1.807, 2.05) is 42.5 Å². The Morgan fingerprint density at radius 2 is 1.06 bits per heavy atom. The van der Waals surface area contributed by atoms with Gasteiger partial charge in [0.25, 0.3) is 0 Å². The molecule has 4 rings (SSSR count). The summed E-state index contributed by atoms with van der Waals surface area (Å²) in [5, 5.41) is 3.83. The summed E-state index contributed by atoms with van der Waals surface area (Å²) in [6.07, 6.45) is 0.00796. The van der Waals surface area contributed by atoms with Crippen LogP contribution in [0.25, 0.3) is 0 Å². The molecule has 32 heavy (non-hydrogen) atoms. The van der Waals surface area contributed by atoms with Crippen LogP contribution in [0, 0.1) is 0 Å². The fraction of sp³-hybridized carbons (Fsp3) is 0.0741. The molecule has 0 saturated carbocycles. The first-order chi connectivity index (χ1) is 15.2. The molecule has 0 atom stereocenters. The van der Waals surface area contributed by atoms with E-state index in [9.17, 15) is 4.79 Å². The van der Waals surface area contributed by atoms with Crippen molar-refractivity contribution < 1.29 is 31.2 Å². The van der Waals surface area contributed by atoms with Crippen LogP contribution in [-0.2, 0) is 10.9 Å². The Morgan fingerprint density at radius 3 is 1.50 bits per heavy atom. The van der Waals surface area contributed by atoms with Gasteiger partial charge in [0.15, 0.2) is 0 Å². The highest BCUT2D eigenvalue weighted by molar-refractivity contribution is 7.95. The van der Waals surface area contributed by atoms with E-state index in [0.29, 0.717) is 5.75 Å². The molecule has 0 amide bonds. The molecule has 4 aromatic rings. The Hall–Kier alpha value is -2.94. The van der Waals surface area contributed by atoms with Crippen molar-refractivity contribution in [3.8, 4) is 5.75 Å². The lowest BCUT2D eigenvalue weighted by molar-refractivity contribution is -0.0000146. The van der Waals surface area contributed by atoms with Gasteiger partial charge in [-0.3, -0.25) is 0 Å². The number of hydrogen-bond donors (Lipinski definition) is 0. The number of carbonyl (C=O) groups excluding carboxylic acids is 1. The quantitative estimate of drug-likeness (QED) is 0.229. The van der Waals surface area contributed by atoms with Gasteiger partial charge in [0.05, 0.1) is 7.11 Å². The van der Waals surface area contributed by atoms with Crippen molar-refractivity contribution in [3.63, 3.8) is 0 Å². The summed E-state index contributed by atoms with van der Waals surface area (Å²) < 4.78 is 10.2. The maximum absolute atomic E-state index is 11.9. The van der Waals surface area contributed by atoms with Crippen molar-refractivity contribution in [2.75, 3.05) is 7.11 Å². The normalized spacial score (nSPS) is 10.7. The predicted molar refractivity (Wildman–Crippen MR) is 128 cm³/mol. The average molecular weight is 507 g/mol. The molecule has 4 aromatic carbocycles. The number of ether oxygens (including phenoxy) is 2. The summed E-state index contributed by atoms with van der Waals surface area (Å²) in [7, 11) is -0.766. The highest BCUT2D eigenvalue weighted by Gasteiger charge is 2.46. The topological polar surface area (TPSA) is 35.5 Å². The van der Waals surface area contributed by atoms with Gasteiger partial charge in [-0.15, -0.1) is 0 Å². The molecule has 0 bridgehead atoms. The molecular formula is C27H24BrO3P. The van der Waals surface area contributed by atoms with Crippen LogP contribution < -0.4 is 37.6 Å². The Labute approximate surface area is 200 Å². The zero-order valence-electron chi connectivity index (χ0n) is 17.7. The summed E-state index contributed by atoms with van der Waals surface area (Å²) in [4.78, 5) is 11.9. The summed E-state index contributed by atoms with van der Waals surface area (Å²) >= 11 is 0. The number of hydrogen-bond acceptors (Lipinski definition) is 3. The second kappa shape index (κ2) is 11.1. The Bertz CT molecular complexity index is 1040. The molecule has 0 saturated heterocycles. The first-order valence-electron chi connectivity index (χ1n) is 10.1. The van der Waals surface area contributed by atoms with E-state index < -0.39 is 13.4 Å². The van der Waals surface area contributed by atoms with Crippen LogP contribution in [0.4, 0.5) is 4.79 Å².